The maximum atomic E-state index is 8.87. The summed E-state index contributed by atoms with van der Waals surface area (Å²) >= 11 is 0. The Balaban J connectivity index is 1.51. The molecule has 6 nitrogen and oxygen atoms in total. The number of aryl methyl sites for hydroxylation is 1. The second-order valence-corrected chi connectivity index (χ2v) is 7.01. The Bertz CT molecular complexity index is 992. The summed E-state index contributed by atoms with van der Waals surface area (Å²) in [5.74, 6) is 0.782. The van der Waals surface area contributed by atoms with Gasteiger partial charge in [-0.3, -0.25) is 9.88 Å². The molecule has 4 heterocycles. The summed E-state index contributed by atoms with van der Waals surface area (Å²) in [7, 11) is 0. The van der Waals surface area contributed by atoms with Gasteiger partial charge in [-0.15, -0.1) is 0 Å². The number of hydrogen-bond donors (Lipinski definition) is 1. The predicted molar refractivity (Wildman–Crippen MR) is 108 cm³/mol. The Labute approximate surface area is 164 Å². The average Bonchev–Trinajstić information content (AvgIpc) is 3.19. The van der Waals surface area contributed by atoms with Gasteiger partial charge < -0.3 is 5.32 Å². The molecule has 3 aromatic heterocycles. The number of anilines is 2. The smallest absolute Gasteiger partial charge is 0.140 e. The standard InChI is InChI=1S/C22H22N6/c1-16-5-3-11-24-20(16)15-28-12-4-7-21(28)19-6-2-8-22(27-19)26-18-10-9-17(13-23)25-14-18/h2-3,5-6,8-11,14,21H,4,7,12,15H2,1H3,(H,26,27)/t21-/m1/s1. The predicted octanol–water partition coefficient (Wildman–Crippen LogP) is 4.13. The quantitative estimate of drug-likeness (QED) is 0.727. The topological polar surface area (TPSA) is 77.7 Å². The normalized spacial score (nSPS) is 16.6. The SMILES string of the molecule is Cc1cccnc1CN1CCC[C@@H]1c1cccc(Nc2ccc(C#N)nc2)n1. The highest BCUT2D eigenvalue weighted by Crippen LogP contribution is 2.33. The van der Waals surface area contributed by atoms with Crippen molar-refractivity contribution in [3.63, 3.8) is 0 Å². The molecule has 28 heavy (non-hydrogen) atoms. The Morgan fingerprint density at radius 1 is 1.18 bits per heavy atom. The van der Waals surface area contributed by atoms with Crippen LogP contribution in [0.1, 0.15) is 41.5 Å². The van der Waals surface area contributed by atoms with Crippen LogP contribution in [0, 0.1) is 18.3 Å². The Morgan fingerprint density at radius 3 is 2.89 bits per heavy atom. The number of pyridine rings is 3. The number of likely N-dealkylation sites (tertiary alicyclic amines) is 1. The monoisotopic (exact) mass is 370 g/mol. The van der Waals surface area contributed by atoms with Gasteiger partial charge in [-0.25, -0.2) is 9.97 Å². The lowest BCUT2D eigenvalue weighted by molar-refractivity contribution is 0.241. The van der Waals surface area contributed by atoms with Crippen LogP contribution in [0.25, 0.3) is 0 Å². The van der Waals surface area contributed by atoms with Gasteiger partial charge in [0.05, 0.1) is 29.3 Å². The zero-order valence-corrected chi connectivity index (χ0v) is 15.8. The summed E-state index contributed by atoms with van der Waals surface area (Å²) in [5.41, 5.74) is 4.64. The van der Waals surface area contributed by atoms with Gasteiger partial charge in [-0.05, 0) is 62.2 Å². The largest absolute Gasteiger partial charge is 0.339 e. The van der Waals surface area contributed by atoms with Crippen molar-refractivity contribution in [2.24, 2.45) is 0 Å². The molecule has 1 saturated heterocycles. The first kappa shape index (κ1) is 18.1. The second kappa shape index (κ2) is 8.15. The minimum atomic E-state index is 0.294. The van der Waals surface area contributed by atoms with Gasteiger partial charge in [-0.2, -0.15) is 5.26 Å². The van der Waals surface area contributed by atoms with E-state index in [0.29, 0.717) is 11.7 Å². The molecule has 0 aromatic carbocycles. The second-order valence-electron chi connectivity index (χ2n) is 7.01. The van der Waals surface area contributed by atoms with Gasteiger partial charge in [0.15, 0.2) is 0 Å². The fourth-order valence-electron chi connectivity index (χ4n) is 3.62. The molecule has 1 atom stereocenters. The molecule has 0 aliphatic carbocycles. The van der Waals surface area contributed by atoms with Gasteiger partial charge in [0.1, 0.15) is 17.6 Å². The van der Waals surface area contributed by atoms with Crippen molar-refractivity contribution in [1.82, 2.24) is 19.9 Å². The third-order valence-corrected chi connectivity index (χ3v) is 5.10. The van der Waals surface area contributed by atoms with E-state index in [2.05, 4.69) is 39.2 Å². The first-order valence-electron chi connectivity index (χ1n) is 9.47. The number of nitriles is 1. The molecule has 0 amide bonds. The van der Waals surface area contributed by atoms with Crippen LogP contribution in [-0.4, -0.2) is 26.4 Å². The van der Waals surface area contributed by atoms with E-state index in [4.69, 9.17) is 10.2 Å². The van der Waals surface area contributed by atoms with Crippen molar-refractivity contribution in [2.45, 2.75) is 32.4 Å². The summed E-state index contributed by atoms with van der Waals surface area (Å²) in [6, 6.07) is 16.0. The zero-order chi connectivity index (χ0) is 19.3. The molecule has 0 bridgehead atoms. The molecule has 4 rings (SSSR count). The Morgan fingerprint density at radius 2 is 2.11 bits per heavy atom. The third-order valence-electron chi connectivity index (χ3n) is 5.10. The number of aromatic nitrogens is 3. The van der Waals surface area contributed by atoms with Crippen LogP contribution in [0.15, 0.2) is 54.9 Å². The van der Waals surface area contributed by atoms with Crippen molar-refractivity contribution < 1.29 is 0 Å². The number of hydrogen-bond acceptors (Lipinski definition) is 6. The maximum absolute atomic E-state index is 8.87. The molecule has 1 fully saturated rings. The van der Waals surface area contributed by atoms with Crippen molar-refractivity contribution >= 4 is 11.5 Å². The van der Waals surface area contributed by atoms with E-state index in [1.54, 1.807) is 12.3 Å². The van der Waals surface area contributed by atoms with Crippen molar-refractivity contribution in [3.05, 3.63) is 77.5 Å². The number of rotatable bonds is 5. The highest BCUT2D eigenvalue weighted by Gasteiger charge is 2.27. The van der Waals surface area contributed by atoms with Gasteiger partial charge in [0.2, 0.25) is 0 Å². The highest BCUT2D eigenvalue weighted by molar-refractivity contribution is 5.55. The maximum Gasteiger partial charge on any atom is 0.140 e. The lowest BCUT2D eigenvalue weighted by Crippen LogP contribution is -2.24. The Kier molecular flexibility index (Phi) is 5.27. The van der Waals surface area contributed by atoms with Crippen LogP contribution < -0.4 is 5.32 Å². The summed E-state index contributed by atoms with van der Waals surface area (Å²) in [6.07, 6.45) is 5.77. The van der Waals surface area contributed by atoms with Crippen LogP contribution in [0.2, 0.25) is 0 Å². The molecular weight excluding hydrogens is 348 g/mol. The molecule has 0 saturated carbocycles. The van der Waals surface area contributed by atoms with Crippen LogP contribution in [0.4, 0.5) is 11.5 Å². The molecule has 6 heteroatoms. The third kappa shape index (κ3) is 4.00. The van der Waals surface area contributed by atoms with Gasteiger partial charge in [0.25, 0.3) is 0 Å². The van der Waals surface area contributed by atoms with E-state index in [1.807, 2.05) is 36.5 Å². The van der Waals surface area contributed by atoms with Crippen LogP contribution >= 0.6 is 0 Å². The molecule has 140 valence electrons. The van der Waals surface area contributed by atoms with Gasteiger partial charge in [-0.1, -0.05) is 12.1 Å². The first-order valence-corrected chi connectivity index (χ1v) is 9.47. The van der Waals surface area contributed by atoms with E-state index in [1.165, 1.54) is 5.56 Å². The molecule has 1 aliphatic rings. The van der Waals surface area contributed by atoms with Crippen LogP contribution in [-0.2, 0) is 6.54 Å². The molecule has 0 unspecified atom stereocenters. The van der Waals surface area contributed by atoms with E-state index >= 15 is 0 Å². The van der Waals surface area contributed by atoms with E-state index < -0.39 is 0 Å². The fourth-order valence-corrected chi connectivity index (χ4v) is 3.62. The fraction of sp³-hybridized carbons (Fsp3) is 0.273. The summed E-state index contributed by atoms with van der Waals surface area (Å²) < 4.78 is 0. The van der Waals surface area contributed by atoms with E-state index in [0.717, 1.165) is 48.8 Å². The summed E-state index contributed by atoms with van der Waals surface area (Å²) in [6.45, 7) is 4.01. The average molecular weight is 370 g/mol. The van der Waals surface area contributed by atoms with Gasteiger partial charge in [0, 0.05) is 12.7 Å². The van der Waals surface area contributed by atoms with Crippen LogP contribution in [0.5, 0.6) is 0 Å². The lowest BCUT2D eigenvalue weighted by Gasteiger charge is -2.24. The van der Waals surface area contributed by atoms with E-state index in [-0.39, 0.29) is 0 Å². The minimum Gasteiger partial charge on any atom is -0.339 e. The minimum absolute atomic E-state index is 0.294. The molecule has 1 N–H and O–H groups in total. The van der Waals surface area contributed by atoms with Crippen molar-refractivity contribution in [3.8, 4) is 6.07 Å². The van der Waals surface area contributed by atoms with E-state index in [9.17, 15) is 0 Å². The lowest BCUT2D eigenvalue weighted by atomic mass is 10.1. The number of nitrogens with one attached hydrogen (secondary N) is 1. The molecule has 0 radical (unpaired) electrons. The molecular formula is C22H22N6. The first-order chi connectivity index (χ1) is 13.7. The zero-order valence-electron chi connectivity index (χ0n) is 15.8. The summed E-state index contributed by atoms with van der Waals surface area (Å²) in [4.78, 5) is 16.0. The van der Waals surface area contributed by atoms with Gasteiger partial charge >= 0.3 is 0 Å². The highest BCUT2D eigenvalue weighted by atomic mass is 15.2. The Hall–Kier alpha value is -3.30. The molecule has 1 aliphatic heterocycles. The van der Waals surface area contributed by atoms with Crippen molar-refractivity contribution in [1.29, 1.82) is 5.26 Å². The number of nitrogens with zero attached hydrogens (tertiary/aromatic N) is 5. The van der Waals surface area contributed by atoms with Crippen LogP contribution in [0.3, 0.4) is 0 Å². The molecule has 3 aromatic rings. The summed E-state index contributed by atoms with van der Waals surface area (Å²) in [5, 5.41) is 12.1. The van der Waals surface area contributed by atoms with Crippen molar-refractivity contribution in [2.75, 3.05) is 11.9 Å². The molecule has 0 spiro atoms.